The lowest BCUT2D eigenvalue weighted by atomic mass is 10.1. The van der Waals surface area contributed by atoms with E-state index in [-0.39, 0.29) is 11.7 Å². The summed E-state index contributed by atoms with van der Waals surface area (Å²) in [7, 11) is 1.83. The lowest BCUT2D eigenvalue weighted by Crippen LogP contribution is -2.23. The van der Waals surface area contributed by atoms with Crippen LogP contribution in [0.1, 0.15) is 20.8 Å². The third kappa shape index (κ3) is 2.45. The Bertz CT molecular complexity index is 899. The lowest BCUT2D eigenvalue weighted by Gasteiger charge is -2.16. The fraction of sp³-hybridized carbons (Fsp3) is 0.176. The molecule has 1 aliphatic rings. The molecule has 4 nitrogen and oxygen atoms in total. The normalized spacial score (nSPS) is 13.7. The number of thiophene rings is 1. The van der Waals surface area contributed by atoms with Crippen LogP contribution in [0.15, 0.2) is 42.0 Å². The summed E-state index contributed by atoms with van der Waals surface area (Å²) in [5.74, 6) is -0.305. The van der Waals surface area contributed by atoms with Crippen LogP contribution in [0.2, 0.25) is 0 Å². The van der Waals surface area contributed by atoms with Crippen LogP contribution >= 0.6 is 11.3 Å². The number of fused-ring (bicyclic) bond motifs is 1. The van der Waals surface area contributed by atoms with E-state index in [0.29, 0.717) is 18.7 Å². The third-order valence-electron chi connectivity index (χ3n) is 4.04. The van der Waals surface area contributed by atoms with E-state index >= 15 is 0 Å². The quantitative estimate of drug-likeness (QED) is 0.739. The zero-order valence-corrected chi connectivity index (χ0v) is 13.3. The van der Waals surface area contributed by atoms with Gasteiger partial charge < -0.3 is 4.90 Å². The Morgan fingerprint density at radius 2 is 2.17 bits per heavy atom. The molecule has 0 saturated carbocycles. The van der Waals surface area contributed by atoms with Gasteiger partial charge in [-0.3, -0.25) is 9.48 Å². The van der Waals surface area contributed by atoms with Crippen LogP contribution in [0.25, 0.3) is 11.1 Å². The van der Waals surface area contributed by atoms with E-state index in [9.17, 15) is 9.18 Å². The Morgan fingerprint density at radius 1 is 1.30 bits per heavy atom. The highest BCUT2D eigenvalue weighted by atomic mass is 32.1. The summed E-state index contributed by atoms with van der Waals surface area (Å²) in [4.78, 5) is 14.7. The molecule has 0 fully saturated rings. The molecule has 3 aromatic rings. The number of nitrogens with zero attached hydrogens (tertiary/aromatic N) is 3. The van der Waals surface area contributed by atoms with E-state index in [4.69, 9.17) is 0 Å². The summed E-state index contributed by atoms with van der Waals surface area (Å²) in [6.45, 7) is 0.848. The van der Waals surface area contributed by atoms with Crippen LogP contribution in [0.3, 0.4) is 0 Å². The SMILES string of the molecule is Cn1cc(-c2ccc(CN3Cc4ccsc4C3=O)c(F)c2)cn1. The van der Waals surface area contributed by atoms with Crippen molar-refractivity contribution in [3.05, 3.63) is 63.9 Å². The minimum absolute atomic E-state index is 0.00858. The van der Waals surface area contributed by atoms with Gasteiger partial charge in [-0.15, -0.1) is 11.3 Å². The van der Waals surface area contributed by atoms with Crippen LogP contribution in [0.4, 0.5) is 4.39 Å². The fourth-order valence-electron chi connectivity index (χ4n) is 2.83. The molecule has 1 amide bonds. The molecule has 1 aliphatic heterocycles. The number of halogens is 1. The molecule has 0 aliphatic carbocycles. The first-order chi connectivity index (χ1) is 11.1. The minimum atomic E-state index is -0.297. The third-order valence-corrected chi connectivity index (χ3v) is 4.99. The molecule has 0 spiro atoms. The van der Waals surface area contributed by atoms with Crippen molar-refractivity contribution >= 4 is 17.2 Å². The molecular weight excluding hydrogens is 313 g/mol. The number of hydrogen-bond donors (Lipinski definition) is 0. The van der Waals surface area contributed by atoms with Crippen LogP contribution in [-0.2, 0) is 20.1 Å². The number of aryl methyl sites for hydroxylation is 1. The number of carbonyl (C=O) groups is 1. The van der Waals surface area contributed by atoms with Crippen molar-refractivity contribution in [3.8, 4) is 11.1 Å². The second kappa shape index (κ2) is 5.31. The standard InChI is InChI=1S/C17H14FN3OS/c1-20-8-14(7-19-20)11-2-3-12(15(18)6-11)9-21-10-13-4-5-23-16(13)17(21)22/h2-8H,9-10H2,1H3. The molecule has 1 aromatic carbocycles. The van der Waals surface area contributed by atoms with Crippen molar-refractivity contribution in [2.24, 2.45) is 7.05 Å². The highest BCUT2D eigenvalue weighted by molar-refractivity contribution is 7.12. The Labute approximate surface area is 136 Å². The van der Waals surface area contributed by atoms with Crippen molar-refractivity contribution in [1.29, 1.82) is 0 Å². The summed E-state index contributed by atoms with van der Waals surface area (Å²) < 4.78 is 16.1. The maximum Gasteiger partial charge on any atom is 0.264 e. The van der Waals surface area contributed by atoms with E-state index in [1.165, 1.54) is 17.4 Å². The largest absolute Gasteiger partial charge is 0.329 e. The average Bonchev–Trinajstić information content (AvgIpc) is 3.21. The number of amides is 1. The van der Waals surface area contributed by atoms with Gasteiger partial charge in [-0.2, -0.15) is 5.10 Å². The van der Waals surface area contributed by atoms with Gasteiger partial charge in [-0.05, 0) is 28.6 Å². The zero-order chi connectivity index (χ0) is 16.0. The molecule has 116 valence electrons. The summed E-state index contributed by atoms with van der Waals surface area (Å²) in [6.07, 6.45) is 3.55. The molecule has 0 unspecified atom stereocenters. The monoisotopic (exact) mass is 327 g/mol. The van der Waals surface area contributed by atoms with E-state index in [1.54, 1.807) is 21.8 Å². The first-order valence-corrected chi connectivity index (χ1v) is 8.13. The fourth-order valence-corrected chi connectivity index (χ4v) is 3.71. The maximum absolute atomic E-state index is 14.4. The van der Waals surface area contributed by atoms with Gasteiger partial charge in [-0.1, -0.05) is 12.1 Å². The van der Waals surface area contributed by atoms with Gasteiger partial charge in [0, 0.05) is 37.5 Å². The summed E-state index contributed by atoms with van der Waals surface area (Å²) >= 11 is 1.45. The summed E-state index contributed by atoms with van der Waals surface area (Å²) in [6, 6.07) is 7.07. The van der Waals surface area contributed by atoms with E-state index in [1.807, 2.05) is 30.8 Å². The highest BCUT2D eigenvalue weighted by Crippen LogP contribution is 2.29. The molecule has 4 rings (SSSR count). The molecule has 23 heavy (non-hydrogen) atoms. The van der Waals surface area contributed by atoms with Gasteiger partial charge in [0.15, 0.2) is 0 Å². The molecule has 0 N–H and O–H groups in total. The Balaban J connectivity index is 1.56. The predicted octanol–water partition coefficient (Wildman–Crippen LogP) is 3.44. The zero-order valence-electron chi connectivity index (χ0n) is 12.5. The van der Waals surface area contributed by atoms with Gasteiger partial charge in [0.2, 0.25) is 0 Å². The smallest absolute Gasteiger partial charge is 0.264 e. The molecular formula is C17H14FN3OS. The van der Waals surface area contributed by atoms with Crippen molar-refractivity contribution in [1.82, 2.24) is 14.7 Å². The Hall–Kier alpha value is -2.47. The first kappa shape index (κ1) is 14.1. The van der Waals surface area contributed by atoms with Gasteiger partial charge in [0.25, 0.3) is 5.91 Å². The van der Waals surface area contributed by atoms with E-state index < -0.39 is 0 Å². The van der Waals surface area contributed by atoms with Crippen LogP contribution < -0.4 is 0 Å². The van der Waals surface area contributed by atoms with Crippen molar-refractivity contribution in [3.63, 3.8) is 0 Å². The van der Waals surface area contributed by atoms with E-state index in [0.717, 1.165) is 21.6 Å². The van der Waals surface area contributed by atoms with Crippen molar-refractivity contribution < 1.29 is 9.18 Å². The highest BCUT2D eigenvalue weighted by Gasteiger charge is 2.28. The second-order valence-corrected chi connectivity index (χ2v) is 6.56. The maximum atomic E-state index is 14.4. The van der Waals surface area contributed by atoms with Gasteiger partial charge in [-0.25, -0.2) is 4.39 Å². The van der Waals surface area contributed by atoms with E-state index in [2.05, 4.69) is 5.10 Å². The summed E-state index contributed by atoms with van der Waals surface area (Å²) in [5.41, 5.74) is 3.22. The predicted molar refractivity (Wildman–Crippen MR) is 86.5 cm³/mol. The molecule has 0 radical (unpaired) electrons. The first-order valence-electron chi connectivity index (χ1n) is 7.25. The lowest BCUT2D eigenvalue weighted by molar-refractivity contribution is 0.0768. The van der Waals surface area contributed by atoms with Gasteiger partial charge in [0.1, 0.15) is 5.82 Å². The number of carbonyl (C=O) groups excluding carboxylic acids is 1. The Morgan fingerprint density at radius 3 is 2.87 bits per heavy atom. The topological polar surface area (TPSA) is 38.1 Å². The number of benzene rings is 1. The molecule has 0 atom stereocenters. The molecule has 0 bridgehead atoms. The number of rotatable bonds is 3. The van der Waals surface area contributed by atoms with Gasteiger partial charge >= 0.3 is 0 Å². The van der Waals surface area contributed by atoms with Crippen LogP contribution in [-0.4, -0.2) is 20.6 Å². The van der Waals surface area contributed by atoms with Crippen molar-refractivity contribution in [2.45, 2.75) is 13.1 Å². The summed E-state index contributed by atoms with van der Waals surface area (Å²) in [5, 5.41) is 6.02. The van der Waals surface area contributed by atoms with Gasteiger partial charge in [0.05, 0.1) is 11.1 Å². The number of aromatic nitrogens is 2. The average molecular weight is 327 g/mol. The van der Waals surface area contributed by atoms with Crippen molar-refractivity contribution in [2.75, 3.05) is 0 Å². The molecule has 6 heteroatoms. The molecule has 2 aromatic heterocycles. The second-order valence-electron chi connectivity index (χ2n) is 5.65. The molecule has 3 heterocycles. The minimum Gasteiger partial charge on any atom is -0.329 e. The van der Waals surface area contributed by atoms with Crippen LogP contribution in [0, 0.1) is 5.82 Å². The number of hydrogen-bond acceptors (Lipinski definition) is 3. The van der Waals surface area contributed by atoms with Crippen LogP contribution in [0.5, 0.6) is 0 Å². The molecule has 0 saturated heterocycles. The Kier molecular flexibility index (Phi) is 3.27.